The van der Waals surface area contributed by atoms with E-state index in [-0.39, 0.29) is 6.04 Å². The van der Waals surface area contributed by atoms with Gasteiger partial charge in [0, 0.05) is 25.5 Å². The molecule has 5 heteroatoms. The van der Waals surface area contributed by atoms with Gasteiger partial charge in [-0.05, 0) is 26.0 Å². The third kappa shape index (κ3) is 3.66. The van der Waals surface area contributed by atoms with Crippen LogP contribution in [0.4, 0.5) is 0 Å². The van der Waals surface area contributed by atoms with Crippen LogP contribution in [-0.2, 0) is 11.3 Å². The van der Waals surface area contributed by atoms with E-state index in [0.717, 1.165) is 19.5 Å². The summed E-state index contributed by atoms with van der Waals surface area (Å²) in [5.74, 6) is -0.746. The molecule has 0 spiro atoms. The third-order valence-electron chi connectivity index (χ3n) is 2.66. The summed E-state index contributed by atoms with van der Waals surface area (Å²) < 4.78 is 1.86. The van der Waals surface area contributed by atoms with Crippen LogP contribution in [0.1, 0.15) is 19.8 Å². The number of hydrogen-bond acceptors (Lipinski definition) is 3. The lowest BCUT2D eigenvalue weighted by Crippen LogP contribution is -2.38. The van der Waals surface area contributed by atoms with Crippen LogP contribution in [0.15, 0.2) is 18.5 Å². The van der Waals surface area contributed by atoms with Crippen molar-refractivity contribution in [2.75, 3.05) is 13.6 Å². The number of carboxylic acids is 1. The number of nitrogens with zero attached hydrogens (tertiary/aromatic N) is 3. The van der Waals surface area contributed by atoms with E-state index in [2.05, 4.69) is 5.10 Å². The number of carboxylic acid groups (broad SMARTS) is 1. The van der Waals surface area contributed by atoms with Crippen LogP contribution >= 0.6 is 0 Å². The molecule has 0 bridgehead atoms. The highest BCUT2D eigenvalue weighted by Gasteiger charge is 2.19. The van der Waals surface area contributed by atoms with Crippen LogP contribution in [-0.4, -0.2) is 45.4 Å². The van der Waals surface area contributed by atoms with Gasteiger partial charge in [-0.3, -0.25) is 14.4 Å². The van der Waals surface area contributed by atoms with Crippen molar-refractivity contribution in [3.05, 3.63) is 18.5 Å². The molecule has 0 fully saturated rings. The largest absolute Gasteiger partial charge is 0.480 e. The van der Waals surface area contributed by atoms with Crippen molar-refractivity contribution in [3.63, 3.8) is 0 Å². The summed E-state index contributed by atoms with van der Waals surface area (Å²) in [7, 11) is 1.85. The van der Waals surface area contributed by atoms with E-state index >= 15 is 0 Å². The minimum atomic E-state index is -0.746. The Hall–Kier alpha value is -1.36. The molecule has 5 nitrogen and oxygen atoms in total. The molecule has 1 atom stereocenters. The van der Waals surface area contributed by atoms with E-state index in [1.165, 1.54) is 0 Å². The zero-order valence-corrected chi connectivity index (χ0v) is 9.83. The van der Waals surface area contributed by atoms with Crippen molar-refractivity contribution in [1.82, 2.24) is 14.7 Å². The summed E-state index contributed by atoms with van der Waals surface area (Å²) in [6, 6.07) is 1.51. The second kappa shape index (κ2) is 6.27. The molecule has 1 aromatic rings. The maximum absolute atomic E-state index is 10.9. The summed E-state index contributed by atoms with van der Waals surface area (Å²) in [6.45, 7) is 3.49. The molecular weight excluding hydrogens is 206 g/mol. The SMILES string of the molecule is CC[C@H](C(=O)O)N(C)CCCn1cccn1. The van der Waals surface area contributed by atoms with E-state index in [9.17, 15) is 4.79 Å². The highest BCUT2D eigenvalue weighted by Crippen LogP contribution is 2.03. The van der Waals surface area contributed by atoms with Gasteiger partial charge in [0.1, 0.15) is 6.04 Å². The molecular formula is C11H19N3O2. The second-order valence-electron chi connectivity index (χ2n) is 3.87. The van der Waals surface area contributed by atoms with Gasteiger partial charge in [0.15, 0.2) is 0 Å². The summed E-state index contributed by atoms with van der Waals surface area (Å²) in [5.41, 5.74) is 0. The molecule has 1 N–H and O–H groups in total. The van der Waals surface area contributed by atoms with Crippen molar-refractivity contribution in [2.24, 2.45) is 0 Å². The predicted molar refractivity (Wildman–Crippen MR) is 61.2 cm³/mol. The predicted octanol–water partition coefficient (Wildman–Crippen LogP) is 1.07. The first-order valence-electron chi connectivity index (χ1n) is 5.55. The zero-order valence-electron chi connectivity index (χ0n) is 9.83. The van der Waals surface area contributed by atoms with Gasteiger partial charge in [-0.25, -0.2) is 0 Å². The number of hydrogen-bond donors (Lipinski definition) is 1. The van der Waals surface area contributed by atoms with Crippen molar-refractivity contribution in [1.29, 1.82) is 0 Å². The van der Waals surface area contributed by atoms with Crippen molar-refractivity contribution >= 4 is 5.97 Å². The van der Waals surface area contributed by atoms with Crippen LogP contribution in [0.2, 0.25) is 0 Å². The number of rotatable bonds is 7. The monoisotopic (exact) mass is 225 g/mol. The maximum Gasteiger partial charge on any atom is 0.320 e. The van der Waals surface area contributed by atoms with E-state index in [4.69, 9.17) is 5.11 Å². The smallest absolute Gasteiger partial charge is 0.320 e. The van der Waals surface area contributed by atoms with Crippen LogP contribution in [0.3, 0.4) is 0 Å². The number of aryl methyl sites for hydroxylation is 1. The molecule has 0 aliphatic heterocycles. The topological polar surface area (TPSA) is 58.4 Å². The highest BCUT2D eigenvalue weighted by atomic mass is 16.4. The Morgan fingerprint density at radius 2 is 2.38 bits per heavy atom. The van der Waals surface area contributed by atoms with E-state index in [1.807, 2.05) is 35.8 Å². The van der Waals surface area contributed by atoms with Gasteiger partial charge in [-0.2, -0.15) is 5.10 Å². The van der Waals surface area contributed by atoms with Crippen molar-refractivity contribution in [3.8, 4) is 0 Å². The number of aliphatic carboxylic acids is 1. The molecule has 1 aromatic heterocycles. The van der Waals surface area contributed by atoms with Gasteiger partial charge >= 0.3 is 5.97 Å². The van der Waals surface area contributed by atoms with E-state index in [1.54, 1.807) is 6.20 Å². The van der Waals surface area contributed by atoms with Crippen molar-refractivity contribution < 1.29 is 9.90 Å². The fourth-order valence-corrected chi connectivity index (χ4v) is 1.75. The Bertz CT molecular complexity index is 311. The molecule has 0 radical (unpaired) electrons. The lowest BCUT2D eigenvalue weighted by Gasteiger charge is -2.23. The molecule has 1 rings (SSSR count). The molecule has 0 saturated carbocycles. The van der Waals surface area contributed by atoms with Gasteiger partial charge in [-0.15, -0.1) is 0 Å². The Balaban J connectivity index is 2.28. The standard InChI is InChI=1S/C11H19N3O2/c1-3-10(11(15)16)13(2)7-5-9-14-8-4-6-12-14/h4,6,8,10H,3,5,7,9H2,1-2H3,(H,15,16)/t10-/m1/s1. The van der Waals surface area contributed by atoms with Gasteiger partial charge in [-0.1, -0.05) is 6.92 Å². The fourth-order valence-electron chi connectivity index (χ4n) is 1.75. The molecule has 0 unspecified atom stereocenters. The number of likely N-dealkylation sites (N-methyl/N-ethyl adjacent to an activating group) is 1. The Labute approximate surface area is 95.7 Å². The molecule has 0 aliphatic rings. The first kappa shape index (κ1) is 12.7. The Morgan fingerprint density at radius 3 is 2.88 bits per heavy atom. The summed E-state index contributed by atoms with van der Waals surface area (Å²) >= 11 is 0. The highest BCUT2D eigenvalue weighted by molar-refractivity contribution is 5.73. The molecule has 0 aliphatic carbocycles. The molecule has 0 aromatic carbocycles. The average molecular weight is 225 g/mol. The Morgan fingerprint density at radius 1 is 1.62 bits per heavy atom. The normalized spacial score (nSPS) is 12.9. The first-order valence-corrected chi connectivity index (χ1v) is 5.55. The molecule has 1 heterocycles. The molecule has 90 valence electrons. The number of carbonyl (C=O) groups is 1. The van der Waals surface area contributed by atoms with Crippen LogP contribution in [0.5, 0.6) is 0 Å². The third-order valence-corrected chi connectivity index (χ3v) is 2.66. The Kier molecular flexibility index (Phi) is 4.98. The molecule has 0 amide bonds. The van der Waals surface area contributed by atoms with E-state index < -0.39 is 5.97 Å². The summed E-state index contributed by atoms with van der Waals surface area (Å²) in [5, 5.41) is 13.1. The van der Waals surface area contributed by atoms with Crippen molar-refractivity contribution in [2.45, 2.75) is 32.4 Å². The van der Waals surface area contributed by atoms with Gasteiger partial charge in [0.05, 0.1) is 0 Å². The lowest BCUT2D eigenvalue weighted by molar-refractivity contribution is -0.142. The average Bonchev–Trinajstić information content (AvgIpc) is 2.71. The van der Waals surface area contributed by atoms with Crippen LogP contribution in [0, 0.1) is 0 Å². The van der Waals surface area contributed by atoms with E-state index in [0.29, 0.717) is 6.42 Å². The first-order chi connectivity index (χ1) is 7.65. The maximum atomic E-state index is 10.9. The molecule has 0 saturated heterocycles. The lowest BCUT2D eigenvalue weighted by atomic mass is 10.2. The summed E-state index contributed by atoms with van der Waals surface area (Å²) in [6.07, 6.45) is 5.19. The second-order valence-corrected chi connectivity index (χ2v) is 3.87. The number of aromatic nitrogens is 2. The van der Waals surface area contributed by atoms with Crippen LogP contribution < -0.4 is 0 Å². The minimum absolute atomic E-state index is 0.377. The van der Waals surface area contributed by atoms with Gasteiger partial charge in [0.25, 0.3) is 0 Å². The molecule has 16 heavy (non-hydrogen) atoms. The minimum Gasteiger partial charge on any atom is -0.480 e. The van der Waals surface area contributed by atoms with Crippen LogP contribution in [0.25, 0.3) is 0 Å². The summed E-state index contributed by atoms with van der Waals surface area (Å²) in [4.78, 5) is 12.8. The fraction of sp³-hybridized carbons (Fsp3) is 0.636. The van der Waals surface area contributed by atoms with Gasteiger partial charge < -0.3 is 5.11 Å². The quantitative estimate of drug-likeness (QED) is 0.754. The van der Waals surface area contributed by atoms with Gasteiger partial charge in [0.2, 0.25) is 0 Å². The zero-order chi connectivity index (χ0) is 12.0.